The number of carbonyl (C=O) groups excluding carboxylic acids is 1. The predicted molar refractivity (Wildman–Crippen MR) is 109 cm³/mol. The zero-order chi connectivity index (χ0) is 20.6. The van der Waals surface area contributed by atoms with E-state index in [0.717, 1.165) is 12.0 Å². The summed E-state index contributed by atoms with van der Waals surface area (Å²) in [6.45, 7) is 3.46. The van der Waals surface area contributed by atoms with Crippen molar-refractivity contribution in [2.45, 2.75) is 31.1 Å². The monoisotopic (exact) mass is 411 g/mol. The molecule has 7 nitrogen and oxygen atoms in total. The lowest BCUT2D eigenvalue weighted by molar-refractivity contribution is -0.117. The van der Waals surface area contributed by atoms with E-state index in [1.54, 1.807) is 26.0 Å². The van der Waals surface area contributed by atoms with Gasteiger partial charge < -0.3 is 9.84 Å². The van der Waals surface area contributed by atoms with E-state index in [0.29, 0.717) is 16.9 Å². The van der Waals surface area contributed by atoms with Gasteiger partial charge in [-0.3, -0.25) is 4.79 Å². The number of anilines is 2. The molecular weight excluding hydrogens is 390 g/mol. The van der Waals surface area contributed by atoms with Crippen LogP contribution in [-0.2, 0) is 14.8 Å². The number of nitrogens with zero attached hydrogens (tertiary/aromatic N) is 1. The molecule has 4 rings (SSSR count). The molecule has 0 unspecified atom stereocenters. The van der Waals surface area contributed by atoms with Crippen LogP contribution in [0.4, 0.5) is 11.6 Å². The first kappa shape index (κ1) is 19.2. The Morgan fingerprint density at radius 3 is 2.38 bits per heavy atom. The predicted octanol–water partition coefficient (Wildman–Crippen LogP) is 3.83. The van der Waals surface area contributed by atoms with Gasteiger partial charge in [0, 0.05) is 17.2 Å². The standard InChI is InChI=1S/C21H21N3O4S/c1-13-14(2)23-28-21(13)24-29(26,27)17-10-8-16(9-11-17)22-20(25)19-12-18(19)15-6-4-3-5-7-15/h3-11,18-19,24H,12H2,1-2H3,(H,22,25)/t18-,19+/m1/s1. The Balaban J connectivity index is 1.40. The normalized spacial score (nSPS) is 18.3. The Morgan fingerprint density at radius 1 is 1.07 bits per heavy atom. The molecule has 1 aliphatic rings. The second-order valence-corrected chi connectivity index (χ2v) is 8.88. The first-order chi connectivity index (χ1) is 13.8. The van der Waals surface area contributed by atoms with E-state index in [1.807, 2.05) is 30.3 Å². The first-order valence-corrected chi connectivity index (χ1v) is 10.7. The number of hydrogen-bond donors (Lipinski definition) is 2. The maximum atomic E-state index is 12.5. The molecule has 1 fully saturated rings. The highest BCUT2D eigenvalue weighted by atomic mass is 32.2. The van der Waals surface area contributed by atoms with Crippen molar-refractivity contribution < 1.29 is 17.7 Å². The highest BCUT2D eigenvalue weighted by Crippen LogP contribution is 2.47. The van der Waals surface area contributed by atoms with Crippen molar-refractivity contribution in [1.29, 1.82) is 0 Å². The summed E-state index contributed by atoms with van der Waals surface area (Å²) in [5.74, 6) is 0.231. The van der Waals surface area contributed by atoms with Crippen LogP contribution in [0.5, 0.6) is 0 Å². The fourth-order valence-corrected chi connectivity index (χ4v) is 4.24. The van der Waals surface area contributed by atoms with Crippen LogP contribution < -0.4 is 10.0 Å². The third kappa shape index (κ3) is 4.02. The molecular formula is C21H21N3O4S. The van der Waals surface area contributed by atoms with Crippen LogP contribution in [0.3, 0.4) is 0 Å². The van der Waals surface area contributed by atoms with Crippen LogP contribution in [0.2, 0.25) is 0 Å². The molecule has 0 saturated heterocycles. The van der Waals surface area contributed by atoms with Gasteiger partial charge in [0.05, 0.1) is 10.6 Å². The largest absolute Gasteiger partial charge is 0.337 e. The van der Waals surface area contributed by atoms with Crippen molar-refractivity contribution in [3.8, 4) is 0 Å². The van der Waals surface area contributed by atoms with Crippen LogP contribution in [-0.4, -0.2) is 19.5 Å². The molecule has 2 N–H and O–H groups in total. The van der Waals surface area contributed by atoms with Crippen molar-refractivity contribution in [2.75, 3.05) is 10.0 Å². The minimum atomic E-state index is -3.81. The Bertz CT molecular complexity index is 1140. The molecule has 0 bridgehead atoms. The van der Waals surface area contributed by atoms with Crippen LogP contribution in [0, 0.1) is 19.8 Å². The molecule has 0 spiro atoms. The second-order valence-electron chi connectivity index (χ2n) is 7.20. The van der Waals surface area contributed by atoms with Crippen LogP contribution >= 0.6 is 0 Å². The quantitative estimate of drug-likeness (QED) is 0.642. The van der Waals surface area contributed by atoms with Gasteiger partial charge in [-0.05, 0) is 56.0 Å². The number of benzene rings is 2. The number of nitrogens with one attached hydrogen (secondary N) is 2. The first-order valence-electron chi connectivity index (χ1n) is 9.27. The lowest BCUT2D eigenvalue weighted by Crippen LogP contribution is -2.15. The molecule has 1 aliphatic carbocycles. The highest BCUT2D eigenvalue weighted by molar-refractivity contribution is 7.92. The molecule has 2 atom stereocenters. The van der Waals surface area contributed by atoms with Gasteiger partial charge >= 0.3 is 0 Å². The molecule has 0 radical (unpaired) electrons. The molecule has 8 heteroatoms. The summed E-state index contributed by atoms with van der Waals surface area (Å²) in [5.41, 5.74) is 2.97. The summed E-state index contributed by atoms with van der Waals surface area (Å²) < 4.78 is 32.5. The fraction of sp³-hybridized carbons (Fsp3) is 0.238. The number of rotatable bonds is 6. The number of aryl methyl sites for hydroxylation is 1. The van der Waals surface area contributed by atoms with E-state index < -0.39 is 10.0 Å². The zero-order valence-corrected chi connectivity index (χ0v) is 16.9. The summed E-state index contributed by atoms with van der Waals surface area (Å²) in [6, 6.07) is 16.0. The van der Waals surface area contributed by atoms with E-state index in [-0.39, 0.29) is 28.5 Å². The maximum Gasteiger partial charge on any atom is 0.264 e. The van der Waals surface area contributed by atoms with Crippen molar-refractivity contribution in [3.05, 3.63) is 71.4 Å². The van der Waals surface area contributed by atoms with Crippen molar-refractivity contribution >= 4 is 27.5 Å². The van der Waals surface area contributed by atoms with Gasteiger partial charge in [0.15, 0.2) is 0 Å². The van der Waals surface area contributed by atoms with Gasteiger partial charge in [-0.2, -0.15) is 0 Å². The topological polar surface area (TPSA) is 101 Å². The van der Waals surface area contributed by atoms with Crippen LogP contribution in [0.25, 0.3) is 0 Å². The summed E-state index contributed by atoms with van der Waals surface area (Å²) in [6.07, 6.45) is 0.822. The number of carbonyl (C=O) groups is 1. The number of hydrogen-bond acceptors (Lipinski definition) is 5. The summed E-state index contributed by atoms with van der Waals surface area (Å²) in [4.78, 5) is 12.5. The second kappa shape index (κ2) is 7.36. The highest BCUT2D eigenvalue weighted by Gasteiger charge is 2.43. The summed E-state index contributed by atoms with van der Waals surface area (Å²) in [7, 11) is -3.81. The molecule has 0 aliphatic heterocycles. The SMILES string of the molecule is Cc1noc(NS(=O)(=O)c2ccc(NC(=O)[C@H]3C[C@@H]3c3ccccc3)cc2)c1C. The zero-order valence-electron chi connectivity index (χ0n) is 16.0. The molecule has 2 aromatic carbocycles. The van der Waals surface area contributed by atoms with Gasteiger partial charge in [0.2, 0.25) is 11.8 Å². The van der Waals surface area contributed by atoms with Gasteiger partial charge in [0.1, 0.15) is 0 Å². The van der Waals surface area contributed by atoms with E-state index in [2.05, 4.69) is 15.2 Å². The van der Waals surface area contributed by atoms with E-state index in [1.165, 1.54) is 12.1 Å². The number of sulfonamides is 1. The Morgan fingerprint density at radius 2 is 1.76 bits per heavy atom. The molecule has 150 valence electrons. The van der Waals surface area contributed by atoms with Gasteiger partial charge in [-0.15, -0.1) is 0 Å². The minimum absolute atomic E-state index is 0.0552. The summed E-state index contributed by atoms with van der Waals surface area (Å²) in [5, 5.41) is 6.60. The van der Waals surface area contributed by atoms with E-state index in [9.17, 15) is 13.2 Å². The lowest BCUT2D eigenvalue weighted by atomic mass is 10.1. The van der Waals surface area contributed by atoms with Gasteiger partial charge in [-0.25, -0.2) is 13.1 Å². The van der Waals surface area contributed by atoms with Gasteiger partial charge in [0.25, 0.3) is 10.0 Å². The maximum absolute atomic E-state index is 12.5. The Labute approximate surface area is 169 Å². The third-order valence-corrected chi connectivity index (χ3v) is 6.52. The fourth-order valence-electron chi connectivity index (χ4n) is 3.20. The van der Waals surface area contributed by atoms with Crippen LogP contribution in [0.15, 0.2) is 64.0 Å². The molecule has 1 amide bonds. The Kier molecular flexibility index (Phi) is 4.87. The number of aromatic nitrogens is 1. The lowest BCUT2D eigenvalue weighted by Gasteiger charge is -2.08. The van der Waals surface area contributed by atoms with Crippen molar-refractivity contribution in [2.24, 2.45) is 5.92 Å². The number of amides is 1. The molecule has 1 heterocycles. The molecule has 1 saturated carbocycles. The van der Waals surface area contributed by atoms with E-state index >= 15 is 0 Å². The third-order valence-electron chi connectivity index (χ3n) is 5.17. The minimum Gasteiger partial charge on any atom is -0.337 e. The Hall–Kier alpha value is -3.13. The smallest absolute Gasteiger partial charge is 0.264 e. The van der Waals surface area contributed by atoms with Crippen molar-refractivity contribution in [1.82, 2.24) is 5.16 Å². The average Bonchev–Trinajstić information content (AvgIpc) is 3.47. The molecule has 1 aromatic heterocycles. The average molecular weight is 411 g/mol. The van der Waals surface area contributed by atoms with Gasteiger partial charge in [-0.1, -0.05) is 35.5 Å². The van der Waals surface area contributed by atoms with Crippen molar-refractivity contribution in [3.63, 3.8) is 0 Å². The van der Waals surface area contributed by atoms with Crippen LogP contribution in [0.1, 0.15) is 29.2 Å². The molecule has 3 aromatic rings. The van der Waals surface area contributed by atoms with E-state index in [4.69, 9.17) is 4.52 Å². The molecule has 29 heavy (non-hydrogen) atoms. The summed E-state index contributed by atoms with van der Waals surface area (Å²) >= 11 is 0.